The first-order valence-electron chi connectivity index (χ1n) is 6.02. The molecule has 1 aliphatic rings. The molecule has 0 atom stereocenters. The molecule has 1 aromatic carbocycles. The average molecular weight is 214 g/mol. The number of hydrogen-bond acceptors (Lipinski definition) is 2. The number of hydrogen-bond donors (Lipinski definition) is 0. The standard InChI is InChI=1S/C14H18N2/c1-3-16(4-2)13-7-5-12(6-8-13)14(11-15)9-10-14/h5-8H,3-4,9-10H2,1-2H3. The lowest BCUT2D eigenvalue weighted by molar-refractivity contribution is 0.861. The first kappa shape index (κ1) is 11.0. The van der Waals surface area contributed by atoms with Crippen molar-refractivity contribution in [1.82, 2.24) is 0 Å². The summed E-state index contributed by atoms with van der Waals surface area (Å²) in [7, 11) is 0. The molecule has 2 nitrogen and oxygen atoms in total. The van der Waals surface area contributed by atoms with Crippen molar-refractivity contribution in [2.24, 2.45) is 0 Å². The Morgan fingerprint density at radius 3 is 2.12 bits per heavy atom. The average Bonchev–Trinajstić information content (AvgIpc) is 3.12. The molecule has 0 amide bonds. The van der Waals surface area contributed by atoms with E-state index in [0.29, 0.717) is 0 Å². The molecule has 1 saturated carbocycles. The maximum Gasteiger partial charge on any atom is 0.0823 e. The third-order valence-corrected chi connectivity index (χ3v) is 3.51. The van der Waals surface area contributed by atoms with Crippen LogP contribution in [0.25, 0.3) is 0 Å². The van der Waals surface area contributed by atoms with Gasteiger partial charge in [-0.05, 0) is 44.4 Å². The van der Waals surface area contributed by atoms with Crippen LogP contribution in [0.1, 0.15) is 32.3 Å². The Bertz CT molecular complexity index is 392. The van der Waals surface area contributed by atoms with E-state index in [9.17, 15) is 0 Å². The largest absolute Gasteiger partial charge is 0.372 e. The molecule has 0 saturated heterocycles. The molecule has 84 valence electrons. The van der Waals surface area contributed by atoms with Gasteiger partial charge in [0.15, 0.2) is 0 Å². The van der Waals surface area contributed by atoms with Gasteiger partial charge in [0.25, 0.3) is 0 Å². The fourth-order valence-electron chi connectivity index (χ4n) is 2.17. The molecule has 0 aliphatic heterocycles. The van der Waals surface area contributed by atoms with E-state index in [1.54, 1.807) is 0 Å². The Hall–Kier alpha value is -1.49. The number of nitriles is 1. The van der Waals surface area contributed by atoms with Gasteiger partial charge >= 0.3 is 0 Å². The molecule has 0 aromatic heterocycles. The van der Waals surface area contributed by atoms with Crippen LogP contribution < -0.4 is 4.90 Å². The second kappa shape index (κ2) is 4.17. The van der Waals surface area contributed by atoms with Gasteiger partial charge < -0.3 is 4.90 Å². The van der Waals surface area contributed by atoms with Gasteiger partial charge in [-0.15, -0.1) is 0 Å². The third kappa shape index (κ3) is 1.78. The van der Waals surface area contributed by atoms with Crippen LogP contribution in [0.4, 0.5) is 5.69 Å². The van der Waals surface area contributed by atoms with E-state index in [1.807, 2.05) is 0 Å². The normalized spacial score (nSPS) is 16.6. The molecule has 0 spiro atoms. The first-order valence-corrected chi connectivity index (χ1v) is 6.02. The van der Waals surface area contributed by atoms with Crippen molar-refractivity contribution < 1.29 is 0 Å². The smallest absolute Gasteiger partial charge is 0.0823 e. The number of rotatable bonds is 4. The highest BCUT2D eigenvalue weighted by atomic mass is 15.1. The number of anilines is 1. The minimum atomic E-state index is -0.151. The molecule has 1 fully saturated rings. The van der Waals surface area contributed by atoms with Crippen LogP contribution in [0.3, 0.4) is 0 Å². The summed E-state index contributed by atoms with van der Waals surface area (Å²) in [6, 6.07) is 10.9. The topological polar surface area (TPSA) is 27.0 Å². The van der Waals surface area contributed by atoms with Crippen LogP contribution in [0.15, 0.2) is 24.3 Å². The summed E-state index contributed by atoms with van der Waals surface area (Å²) in [4.78, 5) is 2.32. The Balaban J connectivity index is 2.20. The number of benzene rings is 1. The van der Waals surface area contributed by atoms with E-state index >= 15 is 0 Å². The van der Waals surface area contributed by atoms with Gasteiger partial charge in [0.1, 0.15) is 0 Å². The highest BCUT2D eigenvalue weighted by Gasteiger charge is 2.44. The molecular weight excluding hydrogens is 196 g/mol. The molecule has 0 N–H and O–H groups in total. The summed E-state index contributed by atoms with van der Waals surface area (Å²) in [5.74, 6) is 0. The van der Waals surface area contributed by atoms with Crippen molar-refractivity contribution in [1.29, 1.82) is 5.26 Å². The van der Waals surface area contributed by atoms with Crippen molar-refractivity contribution in [2.45, 2.75) is 32.1 Å². The summed E-state index contributed by atoms with van der Waals surface area (Å²) in [6.45, 7) is 6.38. The molecule has 1 aromatic rings. The van der Waals surface area contributed by atoms with E-state index < -0.39 is 0 Å². The molecule has 0 bridgehead atoms. The summed E-state index contributed by atoms with van der Waals surface area (Å²) in [5.41, 5.74) is 2.29. The lowest BCUT2D eigenvalue weighted by Gasteiger charge is -2.21. The van der Waals surface area contributed by atoms with Crippen LogP contribution in [-0.4, -0.2) is 13.1 Å². The Kier molecular flexibility index (Phi) is 2.87. The van der Waals surface area contributed by atoms with E-state index in [0.717, 1.165) is 25.9 Å². The summed E-state index contributed by atoms with van der Waals surface area (Å²) < 4.78 is 0. The van der Waals surface area contributed by atoms with Gasteiger partial charge in [0.05, 0.1) is 11.5 Å². The molecule has 2 heteroatoms. The quantitative estimate of drug-likeness (QED) is 0.770. The third-order valence-electron chi connectivity index (χ3n) is 3.51. The summed E-state index contributed by atoms with van der Waals surface area (Å²) >= 11 is 0. The minimum Gasteiger partial charge on any atom is -0.372 e. The minimum absolute atomic E-state index is 0.151. The monoisotopic (exact) mass is 214 g/mol. The predicted octanol–water partition coefficient (Wildman–Crippen LogP) is 3.09. The van der Waals surface area contributed by atoms with Crippen molar-refractivity contribution in [3.05, 3.63) is 29.8 Å². The SMILES string of the molecule is CCN(CC)c1ccc(C2(C#N)CC2)cc1. The first-order chi connectivity index (χ1) is 7.75. The lowest BCUT2D eigenvalue weighted by atomic mass is 9.97. The highest BCUT2D eigenvalue weighted by Crippen LogP contribution is 2.47. The highest BCUT2D eigenvalue weighted by molar-refractivity contribution is 5.51. The van der Waals surface area contributed by atoms with Crippen molar-refractivity contribution in [3.8, 4) is 6.07 Å². The van der Waals surface area contributed by atoms with Gasteiger partial charge in [-0.25, -0.2) is 0 Å². The summed E-state index contributed by atoms with van der Waals surface area (Å²) in [6.07, 6.45) is 2.04. The second-order valence-corrected chi connectivity index (χ2v) is 4.41. The molecule has 2 rings (SSSR count). The summed E-state index contributed by atoms with van der Waals surface area (Å²) in [5, 5.41) is 9.12. The van der Waals surface area contributed by atoms with Crippen LogP contribution in [0.2, 0.25) is 0 Å². The van der Waals surface area contributed by atoms with Crippen molar-refractivity contribution >= 4 is 5.69 Å². The lowest BCUT2D eigenvalue weighted by Crippen LogP contribution is -2.21. The van der Waals surface area contributed by atoms with E-state index in [2.05, 4.69) is 49.1 Å². The Morgan fingerprint density at radius 1 is 1.19 bits per heavy atom. The van der Waals surface area contributed by atoms with Gasteiger partial charge in [-0.1, -0.05) is 12.1 Å². The number of nitrogens with zero attached hydrogens (tertiary/aromatic N) is 2. The zero-order valence-electron chi connectivity index (χ0n) is 10.0. The molecule has 1 aliphatic carbocycles. The molecule has 0 unspecified atom stereocenters. The van der Waals surface area contributed by atoms with Crippen LogP contribution >= 0.6 is 0 Å². The van der Waals surface area contributed by atoms with Crippen molar-refractivity contribution in [2.75, 3.05) is 18.0 Å². The van der Waals surface area contributed by atoms with Gasteiger partial charge in [0, 0.05) is 18.8 Å². The molecule has 16 heavy (non-hydrogen) atoms. The zero-order valence-corrected chi connectivity index (χ0v) is 10.0. The fourth-order valence-corrected chi connectivity index (χ4v) is 2.17. The molecule has 0 heterocycles. The van der Waals surface area contributed by atoms with Gasteiger partial charge in [0.2, 0.25) is 0 Å². The van der Waals surface area contributed by atoms with Crippen LogP contribution in [-0.2, 0) is 5.41 Å². The van der Waals surface area contributed by atoms with Gasteiger partial charge in [-0.3, -0.25) is 0 Å². The maximum absolute atomic E-state index is 9.12. The predicted molar refractivity (Wildman–Crippen MR) is 66.5 cm³/mol. The van der Waals surface area contributed by atoms with Gasteiger partial charge in [-0.2, -0.15) is 5.26 Å². The van der Waals surface area contributed by atoms with Crippen LogP contribution in [0.5, 0.6) is 0 Å². The second-order valence-electron chi connectivity index (χ2n) is 4.41. The zero-order chi connectivity index (χ0) is 11.6. The van der Waals surface area contributed by atoms with Crippen LogP contribution in [0, 0.1) is 11.3 Å². The van der Waals surface area contributed by atoms with E-state index in [4.69, 9.17) is 5.26 Å². The van der Waals surface area contributed by atoms with E-state index in [1.165, 1.54) is 11.3 Å². The Morgan fingerprint density at radius 2 is 1.75 bits per heavy atom. The maximum atomic E-state index is 9.12. The molecule has 0 radical (unpaired) electrons. The van der Waals surface area contributed by atoms with E-state index in [-0.39, 0.29) is 5.41 Å². The van der Waals surface area contributed by atoms with Crippen molar-refractivity contribution in [3.63, 3.8) is 0 Å². The fraction of sp³-hybridized carbons (Fsp3) is 0.500. The molecular formula is C14H18N2. The Labute approximate surface area is 97.5 Å².